The molecule has 6 heteroatoms. The molecule has 0 aliphatic carbocycles. The quantitative estimate of drug-likeness (QED) is 0.767. The molecule has 0 aliphatic heterocycles. The highest BCUT2D eigenvalue weighted by Crippen LogP contribution is 2.18. The van der Waals surface area contributed by atoms with E-state index in [1.165, 1.54) is 0 Å². The number of benzene rings is 2. The van der Waals surface area contributed by atoms with Crippen molar-refractivity contribution in [3.63, 3.8) is 0 Å². The van der Waals surface area contributed by atoms with Crippen LogP contribution in [0.2, 0.25) is 0 Å². The highest BCUT2D eigenvalue weighted by molar-refractivity contribution is 5.93. The van der Waals surface area contributed by atoms with Crippen LogP contribution in [0.1, 0.15) is 17.5 Å². The van der Waals surface area contributed by atoms with Crippen molar-refractivity contribution in [1.82, 2.24) is 9.13 Å². The summed E-state index contributed by atoms with van der Waals surface area (Å²) in [4.78, 5) is 24.1. The Bertz CT molecular complexity index is 1010. The maximum absolute atomic E-state index is 12.2. The second kappa shape index (κ2) is 7.07. The van der Waals surface area contributed by atoms with E-state index < -0.39 is 0 Å². The molecule has 0 saturated heterocycles. The molecular formula is C20H23N3O3. The van der Waals surface area contributed by atoms with Crippen LogP contribution in [-0.4, -0.2) is 21.6 Å². The normalized spacial score (nSPS) is 10.9. The average molecular weight is 353 g/mol. The zero-order chi connectivity index (χ0) is 18.8. The van der Waals surface area contributed by atoms with Gasteiger partial charge >= 0.3 is 5.69 Å². The number of rotatable bonds is 5. The maximum atomic E-state index is 12.2. The van der Waals surface area contributed by atoms with Crippen molar-refractivity contribution < 1.29 is 9.53 Å². The van der Waals surface area contributed by atoms with Crippen LogP contribution in [0.4, 0.5) is 5.69 Å². The molecule has 1 heterocycles. The van der Waals surface area contributed by atoms with E-state index in [0.717, 1.165) is 27.9 Å². The van der Waals surface area contributed by atoms with Gasteiger partial charge in [-0.1, -0.05) is 6.07 Å². The molecule has 0 atom stereocenters. The van der Waals surface area contributed by atoms with Crippen LogP contribution in [0.15, 0.2) is 41.2 Å². The van der Waals surface area contributed by atoms with Crippen molar-refractivity contribution in [3.8, 4) is 5.75 Å². The van der Waals surface area contributed by atoms with Crippen LogP contribution >= 0.6 is 0 Å². The molecule has 0 aliphatic rings. The minimum atomic E-state index is -0.130. The Morgan fingerprint density at radius 2 is 1.65 bits per heavy atom. The molecule has 0 fully saturated rings. The van der Waals surface area contributed by atoms with E-state index in [0.29, 0.717) is 12.3 Å². The number of fused-ring (bicyclic) bond motifs is 1. The van der Waals surface area contributed by atoms with Gasteiger partial charge in [-0.3, -0.25) is 13.9 Å². The Morgan fingerprint density at radius 3 is 2.35 bits per heavy atom. The van der Waals surface area contributed by atoms with Gasteiger partial charge in [0.2, 0.25) is 5.91 Å². The lowest BCUT2D eigenvalue weighted by atomic mass is 10.1. The van der Waals surface area contributed by atoms with Crippen molar-refractivity contribution in [2.45, 2.75) is 20.3 Å². The van der Waals surface area contributed by atoms with Crippen molar-refractivity contribution >= 4 is 22.6 Å². The molecule has 1 amide bonds. The molecule has 136 valence electrons. The van der Waals surface area contributed by atoms with Gasteiger partial charge in [0, 0.05) is 19.8 Å². The lowest BCUT2D eigenvalue weighted by Crippen LogP contribution is -2.19. The highest BCUT2D eigenvalue weighted by atomic mass is 16.5. The number of hydrogen-bond acceptors (Lipinski definition) is 3. The number of aromatic nitrogens is 2. The number of nitrogens with one attached hydrogen (secondary N) is 1. The summed E-state index contributed by atoms with van der Waals surface area (Å²) in [5.41, 5.74) is 4.44. The summed E-state index contributed by atoms with van der Waals surface area (Å²) < 4.78 is 8.82. The van der Waals surface area contributed by atoms with E-state index in [1.54, 1.807) is 35.4 Å². The van der Waals surface area contributed by atoms with Crippen LogP contribution in [-0.2, 0) is 18.9 Å². The van der Waals surface area contributed by atoms with Gasteiger partial charge in [0.05, 0.1) is 24.1 Å². The van der Waals surface area contributed by atoms with Gasteiger partial charge in [0.1, 0.15) is 5.75 Å². The predicted octanol–water partition coefficient (Wildman–Crippen LogP) is 2.90. The number of nitrogens with zero attached hydrogens (tertiary/aromatic N) is 2. The molecule has 3 aromatic rings. The third kappa shape index (κ3) is 3.64. The summed E-state index contributed by atoms with van der Waals surface area (Å²) in [6.45, 7) is 4.33. The minimum absolute atomic E-state index is 0.0923. The standard InChI is InChI=1S/C20H23N3O3/c1-13-9-14(2)11-16(10-13)26-8-7-19(24)21-15-5-6-17-18(12-15)23(4)20(25)22(17)3/h5-6,9-12H,7-8H2,1-4H3,(H,21,24). The first-order valence-corrected chi connectivity index (χ1v) is 8.51. The molecule has 1 N–H and O–H groups in total. The summed E-state index contributed by atoms with van der Waals surface area (Å²) in [7, 11) is 3.45. The molecule has 6 nitrogen and oxygen atoms in total. The molecule has 0 saturated carbocycles. The summed E-state index contributed by atoms with van der Waals surface area (Å²) in [5, 5.41) is 2.86. The predicted molar refractivity (Wildman–Crippen MR) is 103 cm³/mol. The third-order valence-electron chi connectivity index (χ3n) is 4.35. The zero-order valence-electron chi connectivity index (χ0n) is 15.5. The van der Waals surface area contributed by atoms with E-state index in [2.05, 4.69) is 11.4 Å². The number of aryl methyl sites for hydroxylation is 4. The van der Waals surface area contributed by atoms with E-state index in [1.807, 2.05) is 32.0 Å². The second-order valence-corrected chi connectivity index (χ2v) is 6.57. The Labute approximate surface area is 152 Å². The van der Waals surface area contributed by atoms with Gasteiger partial charge in [-0.2, -0.15) is 0 Å². The Morgan fingerprint density at radius 1 is 1.00 bits per heavy atom. The van der Waals surface area contributed by atoms with Gasteiger partial charge in [0.25, 0.3) is 0 Å². The topological polar surface area (TPSA) is 65.3 Å². The molecule has 2 aromatic carbocycles. The molecule has 1 aromatic heterocycles. The van der Waals surface area contributed by atoms with Gasteiger partial charge < -0.3 is 10.1 Å². The van der Waals surface area contributed by atoms with Gasteiger partial charge in [-0.05, 0) is 55.3 Å². The summed E-state index contributed by atoms with van der Waals surface area (Å²) in [6, 6.07) is 11.4. The van der Waals surface area contributed by atoms with Crippen molar-refractivity contribution in [2.24, 2.45) is 14.1 Å². The first-order valence-electron chi connectivity index (χ1n) is 8.51. The molecule has 0 unspecified atom stereocenters. The van der Waals surface area contributed by atoms with Gasteiger partial charge in [-0.25, -0.2) is 4.79 Å². The number of carbonyl (C=O) groups is 1. The van der Waals surface area contributed by atoms with Crippen LogP contribution in [0.5, 0.6) is 5.75 Å². The first kappa shape index (κ1) is 17.8. The van der Waals surface area contributed by atoms with E-state index in [-0.39, 0.29) is 18.0 Å². The molecule has 0 spiro atoms. The summed E-state index contributed by atoms with van der Waals surface area (Å²) >= 11 is 0. The highest BCUT2D eigenvalue weighted by Gasteiger charge is 2.10. The number of hydrogen-bond donors (Lipinski definition) is 1. The smallest absolute Gasteiger partial charge is 0.328 e. The number of carbonyl (C=O) groups excluding carboxylic acids is 1. The Balaban J connectivity index is 1.62. The Kier molecular flexibility index (Phi) is 4.84. The van der Waals surface area contributed by atoms with Crippen molar-refractivity contribution in [2.75, 3.05) is 11.9 Å². The molecule has 26 heavy (non-hydrogen) atoms. The summed E-state index contributed by atoms with van der Waals surface area (Å²) in [5.74, 6) is 0.644. The number of amides is 1. The van der Waals surface area contributed by atoms with Gasteiger partial charge in [-0.15, -0.1) is 0 Å². The van der Waals surface area contributed by atoms with Gasteiger partial charge in [0.15, 0.2) is 0 Å². The van der Waals surface area contributed by atoms with Crippen molar-refractivity contribution in [1.29, 1.82) is 0 Å². The SMILES string of the molecule is Cc1cc(C)cc(OCCC(=O)Nc2ccc3c(c2)n(C)c(=O)n3C)c1. The maximum Gasteiger partial charge on any atom is 0.328 e. The van der Waals surface area contributed by atoms with E-state index in [9.17, 15) is 9.59 Å². The molecular weight excluding hydrogens is 330 g/mol. The van der Waals surface area contributed by atoms with Crippen LogP contribution < -0.4 is 15.7 Å². The van der Waals surface area contributed by atoms with Crippen LogP contribution in [0, 0.1) is 13.8 Å². The fourth-order valence-electron chi connectivity index (χ4n) is 3.09. The van der Waals surface area contributed by atoms with E-state index >= 15 is 0 Å². The first-order chi connectivity index (χ1) is 12.3. The summed E-state index contributed by atoms with van der Waals surface area (Å²) in [6.07, 6.45) is 0.249. The monoisotopic (exact) mass is 353 g/mol. The largest absolute Gasteiger partial charge is 0.493 e. The lowest BCUT2D eigenvalue weighted by molar-refractivity contribution is -0.116. The minimum Gasteiger partial charge on any atom is -0.493 e. The Hall–Kier alpha value is -3.02. The van der Waals surface area contributed by atoms with Crippen LogP contribution in [0.25, 0.3) is 11.0 Å². The van der Waals surface area contributed by atoms with E-state index in [4.69, 9.17) is 4.74 Å². The molecule has 3 rings (SSSR count). The zero-order valence-corrected chi connectivity index (χ0v) is 15.5. The number of anilines is 1. The van der Waals surface area contributed by atoms with Crippen LogP contribution in [0.3, 0.4) is 0 Å². The lowest BCUT2D eigenvalue weighted by Gasteiger charge is -2.09. The number of imidazole rings is 1. The third-order valence-corrected chi connectivity index (χ3v) is 4.35. The van der Waals surface area contributed by atoms with Crippen molar-refractivity contribution in [3.05, 3.63) is 58.0 Å². The molecule has 0 bridgehead atoms. The fourth-order valence-corrected chi connectivity index (χ4v) is 3.09. The second-order valence-electron chi connectivity index (χ2n) is 6.57. The number of ether oxygens (including phenoxy) is 1. The molecule has 0 radical (unpaired) electrons. The fraction of sp³-hybridized carbons (Fsp3) is 0.300. The average Bonchev–Trinajstić information content (AvgIpc) is 2.78.